The van der Waals surface area contributed by atoms with Gasteiger partial charge in [0.25, 0.3) is 5.91 Å². The molecular weight excluding hydrogens is 696 g/mol. The van der Waals surface area contributed by atoms with Crippen LogP contribution < -0.4 is 9.04 Å². The standard InChI is InChI=1S/C37H31BrN2O5S2/c1-47(43,44)40(24-26-10-4-2-5-11-26)33-22-28(16-19-32(33)38)34(41)25-39(37(42)27-12-6-3-7-13-27)20-21-45-29-17-18-31-30-14-8-9-15-35(30)46-36(31)23-29/h2-19,22-23H,20-21,24-25H2,1H3. The number of fused-ring (bicyclic) bond motifs is 3. The second-order valence-electron chi connectivity index (χ2n) is 11.0. The van der Waals surface area contributed by atoms with E-state index in [1.807, 2.05) is 66.7 Å². The molecule has 1 amide bonds. The van der Waals surface area contributed by atoms with Crippen LogP contribution in [0, 0.1) is 0 Å². The number of sulfonamides is 1. The minimum atomic E-state index is -3.70. The number of thiophene rings is 1. The van der Waals surface area contributed by atoms with E-state index in [4.69, 9.17) is 4.74 Å². The molecule has 0 bridgehead atoms. The van der Waals surface area contributed by atoms with Gasteiger partial charge in [-0.25, -0.2) is 8.42 Å². The van der Waals surface area contributed by atoms with Gasteiger partial charge in [0.15, 0.2) is 5.78 Å². The zero-order chi connectivity index (χ0) is 33.0. The van der Waals surface area contributed by atoms with E-state index in [2.05, 4.69) is 28.1 Å². The van der Waals surface area contributed by atoms with Gasteiger partial charge in [-0.2, -0.15) is 0 Å². The van der Waals surface area contributed by atoms with Crippen LogP contribution in [-0.2, 0) is 16.6 Å². The number of anilines is 1. The van der Waals surface area contributed by atoms with E-state index in [-0.39, 0.29) is 43.5 Å². The zero-order valence-electron chi connectivity index (χ0n) is 25.5. The van der Waals surface area contributed by atoms with Crippen molar-refractivity contribution in [3.63, 3.8) is 0 Å². The van der Waals surface area contributed by atoms with Crippen molar-refractivity contribution in [1.29, 1.82) is 0 Å². The summed E-state index contributed by atoms with van der Waals surface area (Å²) < 4.78 is 36.0. The average Bonchev–Trinajstić information content (AvgIpc) is 3.45. The molecule has 0 atom stereocenters. The van der Waals surface area contributed by atoms with Gasteiger partial charge >= 0.3 is 0 Å². The monoisotopic (exact) mass is 726 g/mol. The molecule has 0 saturated heterocycles. The summed E-state index contributed by atoms with van der Waals surface area (Å²) in [7, 11) is -3.70. The van der Waals surface area contributed by atoms with Crippen molar-refractivity contribution in [3.8, 4) is 5.75 Å². The normalized spacial score (nSPS) is 11.4. The van der Waals surface area contributed by atoms with Crippen molar-refractivity contribution in [3.05, 3.63) is 142 Å². The first-order valence-corrected chi connectivity index (χ1v) is 18.4. The molecule has 1 heterocycles. The van der Waals surface area contributed by atoms with Gasteiger partial charge in [0.05, 0.1) is 31.6 Å². The number of rotatable bonds is 12. The van der Waals surface area contributed by atoms with E-state index in [1.165, 1.54) is 19.3 Å². The van der Waals surface area contributed by atoms with Crippen LogP contribution in [0.2, 0.25) is 0 Å². The number of carbonyl (C=O) groups excluding carboxylic acids is 2. The van der Waals surface area contributed by atoms with E-state index in [0.29, 0.717) is 21.5 Å². The molecular formula is C37H31BrN2O5S2. The molecule has 0 saturated carbocycles. The second kappa shape index (κ2) is 14.1. The highest BCUT2D eigenvalue weighted by Gasteiger charge is 2.24. The predicted octanol–water partition coefficient (Wildman–Crippen LogP) is 8.19. The molecule has 5 aromatic carbocycles. The Morgan fingerprint density at radius 1 is 0.766 bits per heavy atom. The van der Waals surface area contributed by atoms with E-state index in [1.54, 1.807) is 53.8 Å². The maximum Gasteiger partial charge on any atom is 0.254 e. The van der Waals surface area contributed by atoms with Crippen LogP contribution in [-0.4, -0.2) is 51.0 Å². The van der Waals surface area contributed by atoms with Gasteiger partial charge in [-0.3, -0.25) is 13.9 Å². The maximum atomic E-state index is 13.7. The Morgan fingerprint density at radius 3 is 2.19 bits per heavy atom. The lowest BCUT2D eigenvalue weighted by Gasteiger charge is -2.25. The molecule has 0 spiro atoms. The van der Waals surface area contributed by atoms with E-state index >= 15 is 0 Å². The number of halogens is 1. The first-order valence-electron chi connectivity index (χ1n) is 14.9. The molecule has 6 aromatic rings. The Kier molecular flexibility index (Phi) is 9.72. The van der Waals surface area contributed by atoms with Gasteiger partial charge in [-0.1, -0.05) is 72.8 Å². The van der Waals surface area contributed by atoms with E-state index < -0.39 is 10.0 Å². The van der Waals surface area contributed by atoms with Crippen LogP contribution in [0.3, 0.4) is 0 Å². The van der Waals surface area contributed by atoms with Crippen molar-refractivity contribution in [1.82, 2.24) is 4.90 Å². The minimum absolute atomic E-state index is 0.0964. The van der Waals surface area contributed by atoms with Crippen LogP contribution >= 0.6 is 27.3 Å². The number of ether oxygens (including phenoxy) is 1. The molecule has 47 heavy (non-hydrogen) atoms. The number of Topliss-reactive ketones (excluding diaryl/α,β-unsaturated/α-hetero) is 1. The summed E-state index contributed by atoms with van der Waals surface area (Å²) >= 11 is 5.17. The summed E-state index contributed by atoms with van der Waals surface area (Å²) in [5, 5.41) is 2.37. The van der Waals surface area contributed by atoms with Crippen LogP contribution in [0.4, 0.5) is 5.69 Å². The number of carbonyl (C=O) groups is 2. The summed E-state index contributed by atoms with van der Waals surface area (Å²) in [6.07, 6.45) is 1.13. The summed E-state index contributed by atoms with van der Waals surface area (Å²) in [5.41, 5.74) is 1.87. The van der Waals surface area contributed by atoms with Gasteiger partial charge in [-0.05, 0) is 70.0 Å². The molecule has 7 nitrogen and oxygen atoms in total. The van der Waals surface area contributed by atoms with Crippen LogP contribution in [0.5, 0.6) is 5.75 Å². The third-order valence-corrected chi connectivity index (χ3v) is 10.7. The molecule has 0 radical (unpaired) electrons. The molecule has 0 aliphatic carbocycles. The van der Waals surface area contributed by atoms with Crippen molar-refractivity contribution >= 4 is 74.8 Å². The summed E-state index contributed by atoms with van der Waals surface area (Å²) in [5.74, 6) is 0.0453. The highest BCUT2D eigenvalue weighted by atomic mass is 79.9. The Hall–Kier alpha value is -4.51. The maximum absolute atomic E-state index is 13.7. The summed E-state index contributed by atoms with van der Waals surface area (Å²) in [4.78, 5) is 28.8. The fourth-order valence-electron chi connectivity index (χ4n) is 5.36. The molecule has 6 rings (SSSR count). The van der Waals surface area contributed by atoms with Crippen molar-refractivity contribution in [2.75, 3.05) is 30.3 Å². The number of ketones is 1. The number of hydrogen-bond acceptors (Lipinski definition) is 6. The van der Waals surface area contributed by atoms with E-state index in [0.717, 1.165) is 21.9 Å². The molecule has 0 N–H and O–H groups in total. The quantitative estimate of drug-likeness (QED) is 0.119. The fourth-order valence-corrected chi connectivity index (χ4v) is 7.96. The Bertz CT molecular complexity index is 2170. The lowest BCUT2D eigenvalue weighted by atomic mass is 10.1. The third kappa shape index (κ3) is 7.56. The SMILES string of the molecule is CS(=O)(=O)N(Cc1ccccc1)c1cc(C(=O)CN(CCOc2ccc3c(c2)sc2ccccc23)C(=O)c2ccccc2)ccc1Br. The second-order valence-corrected chi connectivity index (χ2v) is 14.9. The van der Waals surface area contributed by atoms with Crippen LogP contribution in [0.1, 0.15) is 26.3 Å². The van der Waals surface area contributed by atoms with E-state index in [9.17, 15) is 18.0 Å². The average molecular weight is 728 g/mol. The van der Waals surface area contributed by atoms with Crippen molar-refractivity contribution < 1.29 is 22.7 Å². The number of hydrogen-bond donors (Lipinski definition) is 0. The third-order valence-electron chi connectivity index (χ3n) is 7.73. The van der Waals surface area contributed by atoms with Gasteiger partial charge in [0.2, 0.25) is 10.0 Å². The smallest absolute Gasteiger partial charge is 0.254 e. The van der Waals surface area contributed by atoms with Gasteiger partial charge in [0, 0.05) is 35.8 Å². The molecule has 0 aliphatic rings. The fraction of sp³-hybridized carbons (Fsp3) is 0.135. The van der Waals surface area contributed by atoms with Crippen molar-refractivity contribution in [2.45, 2.75) is 6.54 Å². The number of amides is 1. The number of nitrogens with zero attached hydrogens (tertiary/aromatic N) is 2. The molecule has 0 unspecified atom stereocenters. The highest BCUT2D eigenvalue weighted by molar-refractivity contribution is 9.10. The zero-order valence-corrected chi connectivity index (χ0v) is 28.7. The Balaban J connectivity index is 1.22. The lowest BCUT2D eigenvalue weighted by molar-refractivity contribution is 0.0686. The first-order chi connectivity index (χ1) is 22.7. The van der Waals surface area contributed by atoms with Crippen LogP contribution in [0.15, 0.2) is 126 Å². The predicted molar refractivity (Wildman–Crippen MR) is 193 cm³/mol. The summed E-state index contributed by atoms with van der Waals surface area (Å²) in [6, 6.07) is 37.1. The highest BCUT2D eigenvalue weighted by Crippen LogP contribution is 2.36. The first kappa shape index (κ1) is 32.4. The van der Waals surface area contributed by atoms with Gasteiger partial charge < -0.3 is 9.64 Å². The Morgan fingerprint density at radius 2 is 1.45 bits per heavy atom. The molecule has 238 valence electrons. The van der Waals surface area contributed by atoms with Crippen molar-refractivity contribution in [2.24, 2.45) is 0 Å². The molecule has 0 fully saturated rings. The Labute approximate surface area is 286 Å². The summed E-state index contributed by atoms with van der Waals surface area (Å²) in [6.45, 7) is 0.216. The van der Waals surface area contributed by atoms with Crippen LogP contribution in [0.25, 0.3) is 20.2 Å². The molecule has 10 heteroatoms. The number of benzene rings is 5. The topological polar surface area (TPSA) is 84.0 Å². The minimum Gasteiger partial charge on any atom is -0.492 e. The van der Waals surface area contributed by atoms with Gasteiger partial charge in [0.1, 0.15) is 12.4 Å². The lowest BCUT2D eigenvalue weighted by Crippen LogP contribution is -2.38. The molecule has 1 aromatic heterocycles. The largest absolute Gasteiger partial charge is 0.492 e. The van der Waals surface area contributed by atoms with Gasteiger partial charge in [-0.15, -0.1) is 11.3 Å². The molecule has 0 aliphatic heterocycles.